The molecule has 9 aromatic carbocycles. The minimum Gasteiger partial charge on any atom is -0.453 e. The second kappa shape index (κ2) is 15.2. The molecule has 0 saturated carbocycles. The number of fused-ring (bicyclic) bond motifs is 10. The van der Waals surface area contributed by atoms with Crippen molar-refractivity contribution in [3.63, 3.8) is 0 Å². The number of rotatable bonds is 4. The molecule has 0 saturated heterocycles. The molecular weight excluding hydrogens is 813 g/mol. The molecule has 0 amide bonds. The summed E-state index contributed by atoms with van der Waals surface area (Å²) in [5.41, 5.74) is 28.8. The first kappa shape index (κ1) is 40.9. The van der Waals surface area contributed by atoms with E-state index in [0.717, 1.165) is 22.9 Å². The molecule has 0 unspecified atom stereocenters. The van der Waals surface area contributed by atoms with Gasteiger partial charge in [0.1, 0.15) is 0 Å². The van der Waals surface area contributed by atoms with Gasteiger partial charge in [0.25, 0.3) is 0 Å². The lowest BCUT2D eigenvalue weighted by Gasteiger charge is -2.51. The van der Waals surface area contributed by atoms with Gasteiger partial charge in [0.2, 0.25) is 0 Å². The summed E-state index contributed by atoms with van der Waals surface area (Å²) in [5.74, 6) is 1.74. The third kappa shape index (κ3) is 5.58. The van der Waals surface area contributed by atoms with Gasteiger partial charge < -0.3 is 14.5 Å². The smallest absolute Gasteiger partial charge is 0.151 e. The highest BCUT2D eigenvalue weighted by molar-refractivity contribution is 5.95. The van der Waals surface area contributed by atoms with E-state index >= 15 is 0 Å². The predicted molar refractivity (Wildman–Crippen MR) is 278 cm³/mol. The van der Waals surface area contributed by atoms with Crippen molar-refractivity contribution >= 4 is 34.1 Å². The number of ether oxygens (including phenoxy) is 1. The zero-order valence-corrected chi connectivity index (χ0v) is 39.6. The Morgan fingerprint density at radius 2 is 0.701 bits per heavy atom. The van der Waals surface area contributed by atoms with Crippen LogP contribution in [-0.2, 0) is 5.41 Å². The molecule has 9 aromatic rings. The van der Waals surface area contributed by atoms with Gasteiger partial charge in [-0.25, -0.2) is 0 Å². The number of para-hydroxylation sites is 6. The van der Waals surface area contributed by atoms with Crippen LogP contribution in [-0.4, -0.2) is 0 Å². The monoisotopic (exact) mass is 866 g/mol. The standard InChI is InChI=1S/C64H54N2O/c1-38-42(5)62(43(6)39(2)59(38)46-24-10-9-11-25-46)65-53-32-18-16-30-51(53)64(52-31-17-19-33-54(52)65)49-28-14-12-26-47(49)61(48-27-13-15-29-50(48)64)60-40(3)44(7)63(45(8)41(60)4)66-55-34-20-22-36-57(55)67-58-37-23-21-35-56(58)66/h9-37,61H,1-8H3. The molecule has 1 spiro atoms. The van der Waals surface area contributed by atoms with E-state index < -0.39 is 5.41 Å². The van der Waals surface area contributed by atoms with Gasteiger partial charge >= 0.3 is 0 Å². The minimum atomic E-state index is -0.587. The second-order valence-electron chi connectivity index (χ2n) is 19.0. The van der Waals surface area contributed by atoms with Crippen LogP contribution in [0.1, 0.15) is 89.4 Å². The molecular formula is C64H54N2O. The summed E-state index contributed by atoms with van der Waals surface area (Å²) in [4.78, 5) is 5.03. The highest BCUT2D eigenvalue weighted by Crippen LogP contribution is 2.64. The number of anilines is 6. The van der Waals surface area contributed by atoms with Gasteiger partial charge in [-0.3, -0.25) is 0 Å². The summed E-state index contributed by atoms with van der Waals surface area (Å²) in [7, 11) is 0. The molecule has 326 valence electrons. The van der Waals surface area contributed by atoms with Crippen LogP contribution in [0.25, 0.3) is 11.1 Å². The normalized spacial score (nSPS) is 14.1. The van der Waals surface area contributed by atoms with Crippen LogP contribution in [0.4, 0.5) is 34.1 Å². The van der Waals surface area contributed by atoms with Crippen molar-refractivity contribution in [3.8, 4) is 22.6 Å². The SMILES string of the molecule is Cc1c(C)c(N2c3ccccc3C3(c4ccccc4C(c4c(C)c(C)c(N5c6ccccc6Oc6ccccc65)c(C)c4C)c4ccccc43)c3ccccc32)c(C)c(C)c1-c1ccccc1. The van der Waals surface area contributed by atoms with E-state index in [9.17, 15) is 0 Å². The van der Waals surface area contributed by atoms with Gasteiger partial charge in [-0.2, -0.15) is 0 Å². The highest BCUT2D eigenvalue weighted by Gasteiger charge is 2.52. The summed E-state index contributed by atoms with van der Waals surface area (Å²) in [6.07, 6.45) is 0. The Hall–Kier alpha value is -7.62. The quantitative estimate of drug-likeness (QED) is 0.175. The number of benzene rings is 9. The van der Waals surface area contributed by atoms with E-state index in [1.807, 2.05) is 0 Å². The first-order valence-electron chi connectivity index (χ1n) is 23.7. The van der Waals surface area contributed by atoms with Gasteiger partial charge in [0, 0.05) is 5.92 Å². The largest absolute Gasteiger partial charge is 0.453 e. The molecule has 0 fully saturated rings. The maximum Gasteiger partial charge on any atom is 0.151 e. The Morgan fingerprint density at radius 1 is 0.343 bits per heavy atom. The molecule has 0 atom stereocenters. The van der Waals surface area contributed by atoms with Crippen LogP contribution < -0.4 is 14.5 Å². The molecule has 0 bridgehead atoms. The number of hydrogen-bond donors (Lipinski definition) is 0. The molecule has 0 radical (unpaired) electrons. The number of nitrogens with zero attached hydrogens (tertiary/aromatic N) is 2. The Kier molecular flexibility index (Phi) is 9.28. The Bertz CT molecular complexity index is 3310. The van der Waals surface area contributed by atoms with Gasteiger partial charge in [0.15, 0.2) is 11.5 Å². The van der Waals surface area contributed by atoms with E-state index in [1.165, 1.54) is 117 Å². The van der Waals surface area contributed by atoms with E-state index in [0.29, 0.717) is 0 Å². The molecule has 1 aliphatic carbocycles. The van der Waals surface area contributed by atoms with Gasteiger partial charge in [-0.1, -0.05) is 140 Å². The van der Waals surface area contributed by atoms with Crippen molar-refractivity contribution in [2.75, 3.05) is 9.80 Å². The third-order valence-corrected chi connectivity index (χ3v) is 15.9. The Labute approximate surface area is 395 Å². The average Bonchev–Trinajstić information content (AvgIpc) is 3.37. The molecule has 67 heavy (non-hydrogen) atoms. The first-order chi connectivity index (χ1) is 32.6. The summed E-state index contributed by atoms with van der Waals surface area (Å²) in [5, 5.41) is 0. The van der Waals surface area contributed by atoms with E-state index in [-0.39, 0.29) is 5.92 Å². The molecule has 12 rings (SSSR count). The average molecular weight is 867 g/mol. The number of hydrogen-bond acceptors (Lipinski definition) is 3. The van der Waals surface area contributed by atoms with Gasteiger partial charge in [-0.05, 0) is 186 Å². The fourth-order valence-corrected chi connectivity index (χ4v) is 12.6. The van der Waals surface area contributed by atoms with Gasteiger partial charge in [0.05, 0.1) is 39.5 Å². The first-order valence-corrected chi connectivity index (χ1v) is 23.7. The van der Waals surface area contributed by atoms with Crippen molar-refractivity contribution < 1.29 is 4.74 Å². The van der Waals surface area contributed by atoms with E-state index in [1.54, 1.807) is 0 Å². The van der Waals surface area contributed by atoms with Crippen molar-refractivity contribution in [3.05, 3.63) is 259 Å². The van der Waals surface area contributed by atoms with Crippen molar-refractivity contribution in [1.82, 2.24) is 0 Å². The van der Waals surface area contributed by atoms with Gasteiger partial charge in [-0.15, -0.1) is 0 Å². The maximum absolute atomic E-state index is 6.50. The summed E-state index contributed by atoms with van der Waals surface area (Å²) in [6, 6.07) is 65.0. The minimum absolute atomic E-state index is 0.00593. The summed E-state index contributed by atoms with van der Waals surface area (Å²) < 4.78 is 6.50. The molecule has 2 heterocycles. The van der Waals surface area contributed by atoms with Crippen LogP contribution in [0.15, 0.2) is 176 Å². The van der Waals surface area contributed by atoms with Crippen LogP contribution in [0.3, 0.4) is 0 Å². The zero-order chi connectivity index (χ0) is 45.9. The molecule has 3 aliphatic rings. The Morgan fingerprint density at radius 3 is 1.18 bits per heavy atom. The molecule has 3 heteroatoms. The summed E-state index contributed by atoms with van der Waals surface area (Å²) >= 11 is 0. The lowest BCUT2D eigenvalue weighted by atomic mass is 9.55. The van der Waals surface area contributed by atoms with E-state index in [2.05, 4.69) is 241 Å². The predicted octanol–water partition coefficient (Wildman–Crippen LogP) is 17.1. The third-order valence-electron chi connectivity index (χ3n) is 15.9. The molecule has 2 aliphatic heterocycles. The van der Waals surface area contributed by atoms with Crippen molar-refractivity contribution in [1.29, 1.82) is 0 Å². The lowest BCUT2D eigenvalue weighted by molar-refractivity contribution is 0.477. The van der Waals surface area contributed by atoms with Crippen LogP contribution in [0.5, 0.6) is 11.5 Å². The topological polar surface area (TPSA) is 15.7 Å². The zero-order valence-electron chi connectivity index (χ0n) is 39.6. The van der Waals surface area contributed by atoms with Crippen LogP contribution in [0, 0.1) is 55.4 Å². The van der Waals surface area contributed by atoms with Crippen LogP contribution >= 0.6 is 0 Å². The highest BCUT2D eigenvalue weighted by atomic mass is 16.5. The van der Waals surface area contributed by atoms with Crippen LogP contribution in [0.2, 0.25) is 0 Å². The molecule has 0 N–H and O–H groups in total. The van der Waals surface area contributed by atoms with Crippen molar-refractivity contribution in [2.45, 2.75) is 66.7 Å². The fourth-order valence-electron chi connectivity index (χ4n) is 12.6. The Balaban J connectivity index is 1.10. The van der Waals surface area contributed by atoms with Crippen molar-refractivity contribution in [2.24, 2.45) is 0 Å². The van der Waals surface area contributed by atoms with E-state index in [4.69, 9.17) is 4.74 Å². The maximum atomic E-state index is 6.50. The molecule has 3 nitrogen and oxygen atoms in total. The lowest BCUT2D eigenvalue weighted by Crippen LogP contribution is -2.42. The summed E-state index contributed by atoms with van der Waals surface area (Å²) in [6.45, 7) is 18.6. The molecule has 0 aromatic heterocycles. The second-order valence-corrected chi connectivity index (χ2v) is 19.0. The fraction of sp³-hybridized carbons (Fsp3) is 0.156.